The van der Waals surface area contributed by atoms with Crippen LogP contribution in [-0.4, -0.2) is 37.3 Å². The van der Waals surface area contributed by atoms with Gasteiger partial charge in [0.05, 0.1) is 21.0 Å². The molecule has 0 radical (unpaired) electrons. The zero-order valence-corrected chi connectivity index (χ0v) is 25.1. The Labute approximate surface area is 224 Å². The van der Waals surface area contributed by atoms with Crippen LogP contribution in [0.4, 0.5) is 0 Å². The minimum absolute atomic E-state index is 0.178. The number of sulfone groups is 1. The first-order valence-electron chi connectivity index (χ1n) is 11.7. The maximum atomic E-state index is 13.8. The van der Waals surface area contributed by atoms with Crippen LogP contribution in [0.25, 0.3) is 22.2 Å². The molecule has 36 heavy (non-hydrogen) atoms. The molecule has 1 aromatic carbocycles. The Morgan fingerprint density at radius 2 is 1.50 bits per heavy atom. The lowest BCUT2D eigenvalue weighted by molar-refractivity contribution is 0.593. The van der Waals surface area contributed by atoms with Gasteiger partial charge in [-0.15, -0.1) is 5.54 Å². The van der Waals surface area contributed by atoms with E-state index in [1.807, 2.05) is 0 Å². The zero-order chi connectivity index (χ0) is 27.2. The van der Waals surface area contributed by atoms with E-state index in [4.69, 9.17) is 23.2 Å². The fraction of sp³-hybridized carbons (Fsp3) is 0.423. The Morgan fingerprint density at radius 1 is 0.972 bits per heavy atom. The van der Waals surface area contributed by atoms with E-state index in [2.05, 4.69) is 63.0 Å². The van der Waals surface area contributed by atoms with Crippen molar-refractivity contribution in [1.82, 2.24) is 14.5 Å². The van der Waals surface area contributed by atoms with Gasteiger partial charge in [0.15, 0.2) is 0 Å². The standard InChI is InChI=1S/C26H31Cl2N3O3SSi/c1-15(2)36(16(3)4,17(5)6)13-12-18-19-14-29-26(35(8,33)34)30-24(19)31(7)25(32)22(18)23-20(27)10-9-11-21(23)28/h9-11,14-17H,1-8H3. The van der Waals surface area contributed by atoms with Crippen molar-refractivity contribution < 1.29 is 8.42 Å². The molecular weight excluding hydrogens is 533 g/mol. The van der Waals surface area contributed by atoms with Crippen LogP contribution in [-0.2, 0) is 16.9 Å². The Bertz CT molecular complexity index is 1530. The van der Waals surface area contributed by atoms with E-state index in [0.29, 0.717) is 43.2 Å². The predicted molar refractivity (Wildman–Crippen MR) is 151 cm³/mol. The average Bonchev–Trinajstić information content (AvgIpc) is 2.77. The summed E-state index contributed by atoms with van der Waals surface area (Å²) < 4.78 is 25.6. The summed E-state index contributed by atoms with van der Waals surface area (Å²) in [6.07, 6.45) is 2.44. The molecule has 0 bridgehead atoms. The number of aryl methyl sites for hydroxylation is 1. The summed E-state index contributed by atoms with van der Waals surface area (Å²) in [4.78, 5) is 22.1. The van der Waals surface area contributed by atoms with E-state index in [0.717, 1.165) is 6.26 Å². The molecule has 0 spiro atoms. The first-order chi connectivity index (χ1) is 16.6. The van der Waals surface area contributed by atoms with Crippen LogP contribution < -0.4 is 5.56 Å². The first-order valence-corrected chi connectivity index (χ1v) is 16.6. The van der Waals surface area contributed by atoms with Gasteiger partial charge < -0.3 is 0 Å². The van der Waals surface area contributed by atoms with Gasteiger partial charge in [-0.05, 0) is 28.8 Å². The molecule has 3 aromatic rings. The number of hydrogen-bond donors (Lipinski definition) is 0. The van der Waals surface area contributed by atoms with Gasteiger partial charge in [0.2, 0.25) is 15.0 Å². The van der Waals surface area contributed by atoms with Crippen LogP contribution in [0.15, 0.2) is 34.3 Å². The Morgan fingerprint density at radius 3 is 1.97 bits per heavy atom. The van der Waals surface area contributed by atoms with Crippen LogP contribution in [0, 0.1) is 11.5 Å². The molecule has 3 rings (SSSR count). The number of pyridine rings is 1. The molecule has 0 saturated carbocycles. The molecule has 0 unspecified atom stereocenters. The van der Waals surface area contributed by atoms with Gasteiger partial charge in [-0.1, -0.05) is 76.7 Å². The molecule has 0 atom stereocenters. The van der Waals surface area contributed by atoms with Crippen molar-refractivity contribution in [2.45, 2.75) is 63.3 Å². The van der Waals surface area contributed by atoms with Crippen LogP contribution in [0.5, 0.6) is 0 Å². The molecule has 0 aliphatic carbocycles. The van der Waals surface area contributed by atoms with Crippen molar-refractivity contribution in [1.29, 1.82) is 0 Å². The highest BCUT2D eigenvalue weighted by atomic mass is 35.5. The van der Waals surface area contributed by atoms with E-state index >= 15 is 0 Å². The monoisotopic (exact) mass is 563 g/mol. The van der Waals surface area contributed by atoms with Crippen molar-refractivity contribution in [3.05, 3.63) is 50.4 Å². The topological polar surface area (TPSA) is 81.9 Å². The number of fused-ring (bicyclic) bond motifs is 1. The van der Waals surface area contributed by atoms with E-state index in [1.54, 1.807) is 18.2 Å². The second kappa shape index (κ2) is 10.3. The van der Waals surface area contributed by atoms with E-state index in [-0.39, 0.29) is 16.4 Å². The summed E-state index contributed by atoms with van der Waals surface area (Å²) in [6, 6.07) is 5.05. The molecule has 0 aliphatic heterocycles. The smallest absolute Gasteiger partial charge is 0.261 e. The fourth-order valence-corrected chi connectivity index (χ4v) is 11.5. The number of nitrogens with zero attached hydrogens (tertiary/aromatic N) is 3. The van der Waals surface area contributed by atoms with Crippen molar-refractivity contribution in [2.24, 2.45) is 7.05 Å². The van der Waals surface area contributed by atoms with Crippen molar-refractivity contribution in [3.63, 3.8) is 0 Å². The number of rotatable bonds is 5. The normalized spacial score (nSPS) is 12.5. The van der Waals surface area contributed by atoms with E-state index < -0.39 is 23.5 Å². The summed E-state index contributed by atoms with van der Waals surface area (Å²) >= 11 is 13.1. The number of hydrogen-bond acceptors (Lipinski definition) is 5. The van der Waals surface area contributed by atoms with E-state index in [1.165, 1.54) is 17.8 Å². The summed E-state index contributed by atoms with van der Waals surface area (Å²) in [6.45, 7) is 13.2. The highest BCUT2D eigenvalue weighted by molar-refractivity contribution is 7.90. The zero-order valence-electron chi connectivity index (χ0n) is 21.8. The number of aromatic nitrogens is 3. The average molecular weight is 565 g/mol. The summed E-state index contributed by atoms with van der Waals surface area (Å²) in [5.41, 5.74) is 5.54. The van der Waals surface area contributed by atoms with Crippen molar-refractivity contribution >= 4 is 52.1 Å². The lowest BCUT2D eigenvalue weighted by atomic mass is 9.99. The maximum absolute atomic E-state index is 13.8. The third-order valence-corrected chi connectivity index (χ3v) is 14.7. The molecule has 0 saturated heterocycles. The second-order valence-electron chi connectivity index (χ2n) is 10.0. The minimum atomic E-state index is -3.69. The van der Waals surface area contributed by atoms with Gasteiger partial charge in [0.25, 0.3) is 5.56 Å². The van der Waals surface area contributed by atoms with Crippen LogP contribution in [0.1, 0.15) is 47.1 Å². The van der Waals surface area contributed by atoms with Gasteiger partial charge in [0, 0.05) is 30.6 Å². The molecule has 6 nitrogen and oxygen atoms in total. The summed E-state index contributed by atoms with van der Waals surface area (Å²) in [7, 11) is -4.35. The maximum Gasteiger partial charge on any atom is 0.261 e. The lowest BCUT2D eigenvalue weighted by Crippen LogP contribution is -2.43. The molecule has 2 heterocycles. The number of benzene rings is 1. The highest BCUT2D eigenvalue weighted by Crippen LogP contribution is 2.41. The van der Waals surface area contributed by atoms with Crippen molar-refractivity contribution in [2.75, 3.05) is 6.26 Å². The SMILES string of the molecule is CC(C)[Si](C#Cc1c(-c2c(Cl)cccc2Cl)c(=O)n(C)c2nc(S(C)(=O)=O)ncc12)(C(C)C)C(C)C. The third-order valence-electron chi connectivity index (χ3n) is 6.92. The van der Waals surface area contributed by atoms with Crippen LogP contribution >= 0.6 is 23.2 Å². The molecule has 10 heteroatoms. The molecular formula is C26H31Cl2N3O3SSi. The summed E-state index contributed by atoms with van der Waals surface area (Å²) in [5.74, 6) is 3.37. The molecule has 2 aromatic heterocycles. The van der Waals surface area contributed by atoms with Gasteiger partial charge in [0.1, 0.15) is 13.7 Å². The Hall–Kier alpha value is -2.18. The molecule has 0 aliphatic rings. The number of halogens is 2. The second-order valence-corrected chi connectivity index (χ2v) is 18.3. The minimum Gasteiger partial charge on any atom is -0.295 e. The Balaban J connectivity index is 2.59. The van der Waals surface area contributed by atoms with Gasteiger partial charge in [-0.2, -0.15) is 4.98 Å². The molecule has 0 amide bonds. The quantitative estimate of drug-likeness (QED) is 0.207. The largest absolute Gasteiger partial charge is 0.295 e. The Kier molecular flexibility index (Phi) is 8.12. The van der Waals surface area contributed by atoms with Gasteiger partial charge >= 0.3 is 0 Å². The molecule has 192 valence electrons. The molecule has 0 fully saturated rings. The fourth-order valence-electron chi connectivity index (χ4n) is 5.18. The first kappa shape index (κ1) is 28.4. The van der Waals surface area contributed by atoms with Crippen molar-refractivity contribution in [3.8, 4) is 22.6 Å². The van der Waals surface area contributed by atoms with Crippen LogP contribution in [0.3, 0.4) is 0 Å². The van der Waals surface area contributed by atoms with Gasteiger partial charge in [-0.3, -0.25) is 9.36 Å². The molecule has 0 N–H and O–H groups in total. The lowest BCUT2D eigenvalue weighted by Gasteiger charge is -2.38. The van der Waals surface area contributed by atoms with E-state index in [9.17, 15) is 13.2 Å². The third kappa shape index (κ3) is 4.86. The van der Waals surface area contributed by atoms with Gasteiger partial charge in [-0.25, -0.2) is 13.4 Å². The summed E-state index contributed by atoms with van der Waals surface area (Å²) in [5, 5.41) is 0.733. The highest BCUT2D eigenvalue weighted by Gasteiger charge is 2.41. The van der Waals surface area contributed by atoms with Crippen LogP contribution in [0.2, 0.25) is 26.7 Å². The predicted octanol–water partition coefficient (Wildman–Crippen LogP) is 6.28.